The lowest BCUT2D eigenvalue weighted by Gasteiger charge is -2.46. The first-order valence-corrected chi connectivity index (χ1v) is 7.78. The second-order valence-electron chi connectivity index (χ2n) is 6.72. The van der Waals surface area contributed by atoms with Crippen molar-refractivity contribution in [2.45, 2.75) is 38.5 Å². The lowest BCUT2D eigenvalue weighted by molar-refractivity contribution is -0.163. The fraction of sp³-hybridized carbons (Fsp3) is 0.733. The zero-order chi connectivity index (χ0) is 16.2. The van der Waals surface area contributed by atoms with Gasteiger partial charge in [0.1, 0.15) is 5.70 Å². The molecule has 3 aliphatic rings. The molecule has 0 spiro atoms. The van der Waals surface area contributed by atoms with Crippen LogP contribution < -0.4 is 5.73 Å². The number of amides is 1. The zero-order valence-corrected chi connectivity index (χ0v) is 12.9. The quantitative estimate of drug-likeness (QED) is 0.588. The summed E-state index contributed by atoms with van der Waals surface area (Å²) in [6.45, 7) is 5.67. The third-order valence-corrected chi connectivity index (χ3v) is 5.22. The molecule has 3 aliphatic heterocycles. The highest BCUT2D eigenvalue weighted by Crippen LogP contribution is 2.47. The second kappa shape index (κ2) is 5.33. The molecular formula is C15H23N3O4. The highest BCUT2D eigenvalue weighted by Gasteiger charge is 2.59. The van der Waals surface area contributed by atoms with Crippen LogP contribution in [0, 0.1) is 11.8 Å². The Morgan fingerprint density at radius 1 is 1.50 bits per heavy atom. The number of carboxylic acid groups (broad SMARTS) is 1. The van der Waals surface area contributed by atoms with Gasteiger partial charge in [-0.2, -0.15) is 0 Å². The number of β-lactam (4-membered cyclic amide) rings is 1. The molecule has 0 radical (unpaired) electrons. The number of aliphatic hydroxyl groups is 1. The number of likely N-dealkylation sites (tertiary alicyclic amines) is 1. The molecule has 7 heteroatoms. The van der Waals surface area contributed by atoms with Gasteiger partial charge in [0.25, 0.3) is 0 Å². The summed E-state index contributed by atoms with van der Waals surface area (Å²) < 4.78 is 0. The molecule has 122 valence electrons. The molecule has 0 aromatic carbocycles. The Morgan fingerprint density at radius 2 is 2.18 bits per heavy atom. The minimum atomic E-state index is -1.06. The van der Waals surface area contributed by atoms with E-state index >= 15 is 0 Å². The van der Waals surface area contributed by atoms with Gasteiger partial charge in [-0.25, -0.2) is 4.79 Å². The van der Waals surface area contributed by atoms with Crippen LogP contribution in [0.3, 0.4) is 0 Å². The third kappa shape index (κ3) is 2.15. The molecule has 3 rings (SSSR count). The molecule has 0 saturated carbocycles. The van der Waals surface area contributed by atoms with Crippen LogP contribution in [0.2, 0.25) is 0 Å². The topological polar surface area (TPSA) is 107 Å². The van der Waals surface area contributed by atoms with Crippen molar-refractivity contribution in [2.75, 3.05) is 19.6 Å². The zero-order valence-electron chi connectivity index (χ0n) is 12.9. The molecule has 4 N–H and O–H groups in total. The van der Waals surface area contributed by atoms with Crippen molar-refractivity contribution < 1.29 is 19.8 Å². The maximum Gasteiger partial charge on any atom is 0.352 e. The molecule has 5 unspecified atom stereocenters. The van der Waals surface area contributed by atoms with Crippen LogP contribution in [-0.4, -0.2) is 69.7 Å². The van der Waals surface area contributed by atoms with Crippen LogP contribution in [0.4, 0.5) is 0 Å². The Labute approximate surface area is 129 Å². The Morgan fingerprint density at radius 3 is 2.68 bits per heavy atom. The highest BCUT2D eigenvalue weighted by atomic mass is 16.4. The number of hydrogen-bond donors (Lipinski definition) is 3. The number of aliphatic hydroxyl groups excluding tert-OH is 1. The number of nitrogens with zero attached hydrogens (tertiary/aromatic N) is 2. The SMILES string of the molecule is CC(O)C1C(=O)N2C(C(=O)O)=C(CN3CCC(N)C3)C(C)C12. The van der Waals surface area contributed by atoms with Crippen molar-refractivity contribution in [3.05, 3.63) is 11.3 Å². The van der Waals surface area contributed by atoms with Gasteiger partial charge in [0.2, 0.25) is 5.91 Å². The minimum Gasteiger partial charge on any atom is -0.477 e. The number of hydrogen-bond acceptors (Lipinski definition) is 5. The number of rotatable bonds is 4. The molecule has 22 heavy (non-hydrogen) atoms. The molecule has 0 bridgehead atoms. The highest BCUT2D eigenvalue weighted by molar-refractivity contribution is 6.00. The van der Waals surface area contributed by atoms with Gasteiger partial charge in [-0.3, -0.25) is 9.69 Å². The summed E-state index contributed by atoms with van der Waals surface area (Å²) >= 11 is 0. The van der Waals surface area contributed by atoms with Crippen LogP contribution in [-0.2, 0) is 9.59 Å². The summed E-state index contributed by atoms with van der Waals surface area (Å²) in [6, 6.07) is -0.0978. The number of carbonyl (C=O) groups excluding carboxylic acids is 1. The van der Waals surface area contributed by atoms with E-state index in [4.69, 9.17) is 5.73 Å². The van der Waals surface area contributed by atoms with Gasteiger partial charge < -0.3 is 20.8 Å². The molecule has 1 amide bonds. The Hall–Kier alpha value is -1.44. The maximum absolute atomic E-state index is 12.2. The number of fused-ring (bicyclic) bond motifs is 1. The smallest absolute Gasteiger partial charge is 0.352 e. The summed E-state index contributed by atoms with van der Waals surface area (Å²) in [6.07, 6.45) is 0.151. The van der Waals surface area contributed by atoms with E-state index in [1.54, 1.807) is 6.92 Å². The van der Waals surface area contributed by atoms with Gasteiger partial charge >= 0.3 is 5.97 Å². The molecule has 7 nitrogen and oxygen atoms in total. The van der Waals surface area contributed by atoms with Gasteiger partial charge in [-0.1, -0.05) is 6.92 Å². The van der Waals surface area contributed by atoms with E-state index in [1.165, 1.54) is 4.90 Å². The fourth-order valence-electron chi connectivity index (χ4n) is 4.10. The summed E-state index contributed by atoms with van der Waals surface area (Å²) in [7, 11) is 0. The van der Waals surface area contributed by atoms with Gasteiger partial charge in [-0.15, -0.1) is 0 Å². The van der Waals surface area contributed by atoms with Crippen LogP contribution in [0.15, 0.2) is 11.3 Å². The predicted octanol–water partition coefficient (Wildman–Crippen LogP) is -0.784. The molecule has 0 aromatic rings. The van der Waals surface area contributed by atoms with Gasteiger partial charge in [-0.05, 0) is 18.9 Å². The number of carboxylic acids is 1. The van der Waals surface area contributed by atoms with Crippen molar-refractivity contribution in [3.8, 4) is 0 Å². The number of nitrogens with two attached hydrogens (primary N) is 1. The first-order valence-electron chi connectivity index (χ1n) is 7.78. The van der Waals surface area contributed by atoms with Gasteiger partial charge in [0.15, 0.2) is 0 Å². The van der Waals surface area contributed by atoms with Crippen LogP contribution >= 0.6 is 0 Å². The first kappa shape index (κ1) is 15.5. The van der Waals surface area contributed by atoms with E-state index in [-0.39, 0.29) is 29.6 Å². The van der Waals surface area contributed by atoms with Crippen LogP contribution in [0.5, 0.6) is 0 Å². The van der Waals surface area contributed by atoms with E-state index in [0.717, 1.165) is 25.1 Å². The molecule has 5 atom stereocenters. The van der Waals surface area contributed by atoms with E-state index in [1.807, 2.05) is 6.92 Å². The van der Waals surface area contributed by atoms with E-state index in [2.05, 4.69) is 4.90 Å². The third-order valence-electron chi connectivity index (χ3n) is 5.22. The average molecular weight is 309 g/mol. The van der Waals surface area contributed by atoms with Gasteiger partial charge in [0.05, 0.1) is 18.1 Å². The van der Waals surface area contributed by atoms with E-state index in [9.17, 15) is 19.8 Å². The predicted molar refractivity (Wildman–Crippen MR) is 78.7 cm³/mol. The number of carbonyl (C=O) groups is 2. The minimum absolute atomic E-state index is 0.0553. The van der Waals surface area contributed by atoms with Crippen molar-refractivity contribution in [1.82, 2.24) is 9.80 Å². The Balaban J connectivity index is 1.87. The number of aliphatic carboxylic acids is 1. The van der Waals surface area contributed by atoms with Crippen LogP contribution in [0.1, 0.15) is 20.3 Å². The lowest BCUT2D eigenvalue weighted by Crippen LogP contribution is -2.63. The maximum atomic E-state index is 12.2. The van der Waals surface area contributed by atoms with E-state index < -0.39 is 18.0 Å². The molecule has 2 fully saturated rings. The molecule has 0 aliphatic carbocycles. The molecular weight excluding hydrogens is 286 g/mol. The monoisotopic (exact) mass is 309 g/mol. The molecule has 3 heterocycles. The summed E-state index contributed by atoms with van der Waals surface area (Å²) in [5.41, 5.74) is 6.80. The Bertz CT molecular complexity index is 545. The summed E-state index contributed by atoms with van der Waals surface area (Å²) in [5, 5.41) is 19.3. The lowest BCUT2D eigenvalue weighted by atomic mass is 9.77. The van der Waals surface area contributed by atoms with Crippen molar-refractivity contribution in [2.24, 2.45) is 17.6 Å². The fourth-order valence-corrected chi connectivity index (χ4v) is 4.10. The molecule has 2 saturated heterocycles. The Kier molecular flexibility index (Phi) is 3.74. The van der Waals surface area contributed by atoms with E-state index in [0.29, 0.717) is 6.54 Å². The average Bonchev–Trinajstić information content (AvgIpc) is 2.92. The van der Waals surface area contributed by atoms with Crippen molar-refractivity contribution in [1.29, 1.82) is 0 Å². The molecule has 0 aromatic heterocycles. The standard InChI is InChI=1S/C15H23N3O4/c1-7-10(6-17-4-3-9(16)5-17)13(15(21)22)18-12(7)11(8(2)19)14(18)20/h7-9,11-12,19H,3-6,16H2,1-2H3,(H,21,22). The van der Waals surface area contributed by atoms with Gasteiger partial charge in [0, 0.05) is 31.6 Å². The summed E-state index contributed by atoms with van der Waals surface area (Å²) in [4.78, 5) is 27.4. The first-order chi connectivity index (χ1) is 10.3. The summed E-state index contributed by atoms with van der Waals surface area (Å²) in [5.74, 6) is -1.90. The van der Waals surface area contributed by atoms with Crippen LogP contribution in [0.25, 0.3) is 0 Å². The second-order valence-corrected chi connectivity index (χ2v) is 6.72. The normalized spacial score (nSPS) is 36.5. The van der Waals surface area contributed by atoms with Crippen molar-refractivity contribution >= 4 is 11.9 Å². The largest absolute Gasteiger partial charge is 0.477 e. The van der Waals surface area contributed by atoms with Crippen molar-refractivity contribution in [3.63, 3.8) is 0 Å².